The van der Waals surface area contributed by atoms with Crippen molar-refractivity contribution in [2.24, 2.45) is 0 Å². The summed E-state index contributed by atoms with van der Waals surface area (Å²) in [5.74, 6) is 1.59. The molecule has 2 fully saturated rings. The third-order valence-corrected chi connectivity index (χ3v) is 5.69. The largest absolute Gasteiger partial charge is 0.387 e. The number of hydrogen-bond donors (Lipinski definition) is 2. The van der Waals surface area contributed by atoms with Crippen LogP contribution in [-0.2, 0) is 6.54 Å². The Balaban J connectivity index is 1.57. The number of rotatable bonds is 5. The summed E-state index contributed by atoms with van der Waals surface area (Å²) in [6, 6.07) is 7.84. The number of likely N-dealkylation sites (tertiary alicyclic amines) is 1. The molecule has 2 N–H and O–H groups in total. The number of thioether (sulfide) groups is 1. The first-order chi connectivity index (χ1) is 10.6. The quantitative estimate of drug-likeness (QED) is 0.870. The molecular formula is C17H24N2O2S. The minimum atomic E-state index is -0.729. The zero-order valence-corrected chi connectivity index (χ0v) is 13.7. The Morgan fingerprint density at radius 2 is 2.18 bits per heavy atom. The molecule has 1 atom stereocenters. The lowest BCUT2D eigenvalue weighted by molar-refractivity contribution is 0.0612. The highest BCUT2D eigenvalue weighted by molar-refractivity contribution is 7.99. The third kappa shape index (κ3) is 4.03. The molecule has 2 saturated heterocycles. The van der Waals surface area contributed by atoms with E-state index >= 15 is 0 Å². The lowest BCUT2D eigenvalue weighted by Gasteiger charge is -2.21. The fourth-order valence-electron chi connectivity index (χ4n) is 3.09. The lowest BCUT2D eigenvalue weighted by Crippen LogP contribution is -2.42. The monoisotopic (exact) mass is 320 g/mol. The number of benzene rings is 1. The van der Waals surface area contributed by atoms with E-state index in [1.165, 1.54) is 18.4 Å². The fraction of sp³-hybridized carbons (Fsp3) is 0.588. The van der Waals surface area contributed by atoms with Crippen LogP contribution in [0.4, 0.5) is 0 Å². The van der Waals surface area contributed by atoms with Crippen molar-refractivity contribution < 1.29 is 9.90 Å². The van der Waals surface area contributed by atoms with Crippen LogP contribution >= 0.6 is 11.8 Å². The summed E-state index contributed by atoms with van der Waals surface area (Å²) in [6.45, 7) is 3.57. The first kappa shape index (κ1) is 15.8. The van der Waals surface area contributed by atoms with Crippen molar-refractivity contribution in [3.05, 3.63) is 35.4 Å². The normalized spacial score (nSPS) is 25.5. The SMILES string of the molecule is O=C(NCC1(O)CCSC1)c1cccc(CN2CCCC2)c1. The molecule has 5 heteroatoms. The highest BCUT2D eigenvalue weighted by Crippen LogP contribution is 2.27. The summed E-state index contributed by atoms with van der Waals surface area (Å²) in [7, 11) is 0. The van der Waals surface area contributed by atoms with Crippen molar-refractivity contribution in [2.45, 2.75) is 31.4 Å². The van der Waals surface area contributed by atoms with Gasteiger partial charge >= 0.3 is 0 Å². The van der Waals surface area contributed by atoms with Gasteiger partial charge < -0.3 is 10.4 Å². The van der Waals surface area contributed by atoms with Gasteiger partial charge in [-0.1, -0.05) is 12.1 Å². The lowest BCUT2D eigenvalue weighted by atomic mass is 10.0. The average molecular weight is 320 g/mol. The molecule has 1 amide bonds. The molecule has 0 radical (unpaired) electrons. The van der Waals surface area contributed by atoms with Crippen LogP contribution in [0.5, 0.6) is 0 Å². The second kappa shape index (κ2) is 7.02. The van der Waals surface area contributed by atoms with Gasteiger partial charge in [0.15, 0.2) is 0 Å². The van der Waals surface area contributed by atoms with Gasteiger partial charge in [0, 0.05) is 24.4 Å². The van der Waals surface area contributed by atoms with E-state index in [4.69, 9.17) is 0 Å². The molecule has 120 valence electrons. The van der Waals surface area contributed by atoms with Crippen molar-refractivity contribution in [1.82, 2.24) is 10.2 Å². The molecule has 4 nitrogen and oxygen atoms in total. The van der Waals surface area contributed by atoms with E-state index in [0.29, 0.717) is 17.9 Å². The molecule has 0 saturated carbocycles. The van der Waals surface area contributed by atoms with Gasteiger partial charge in [-0.15, -0.1) is 0 Å². The number of nitrogens with zero attached hydrogens (tertiary/aromatic N) is 1. The molecule has 1 unspecified atom stereocenters. The molecule has 2 heterocycles. The van der Waals surface area contributed by atoms with Crippen molar-refractivity contribution in [1.29, 1.82) is 0 Å². The molecule has 2 aliphatic rings. The van der Waals surface area contributed by atoms with Crippen LogP contribution in [0.15, 0.2) is 24.3 Å². The van der Waals surface area contributed by atoms with Crippen molar-refractivity contribution in [3.63, 3.8) is 0 Å². The second-order valence-corrected chi connectivity index (χ2v) is 7.50. The summed E-state index contributed by atoms with van der Waals surface area (Å²) < 4.78 is 0. The average Bonchev–Trinajstić information content (AvgIpc) is 3.17. The predicted molar refractivity (Wildman–Crippen MR) is 90.2 cm³/mol. The third-order valence-electron chi connectivity index (χ3n) is 4.45. The van der Waals surface area contributed by atoms with Crippen LogP contribution < -0.4 is 5.32 Å². The van der Waals surface area contributed by atoms with Crippen LogP contribution in [0, 0.1) is 0 Å². The molecule has 3 rings (SSSR count). The Morgan fingerprint density at radius 1 is 1.36 bits per heavy atom. The molecular weight excluding hydrogens is 296 g/mol. The van der Waals surface area contributed by atoms with Crippen LogP contribution in [-0.4, -0.2) is 52.7 Å². The van der Waals surface area contributed by atoms with Crippen LogP contribution in [0.1, 0.15) is 35.2 Å². The highest BCUT2D eigenvalue weighted by atomic mass is 32.2. The van der Waals surface area contributed by atoms with Crippen molar-refractivity contribution in [2.75, 3.05) is 31.1 Å². The molecule has 0 spiro atoms. The van der Waals surface area contributed by atoms with Gasteiger partial charge in [0.05, 0.1) is 5.60 Å². The zero-order chi connectivity index (χ0) is 15.4. The molecule has 1 aromatic carbocycles. The maximum Gasteiger partial charge on any atom is 0.251 e. The first-order valence-corrected chi connectivity index (χ1v) is 9.20. The zero-order valence-electron chi connectivity index (χ0n) is 12.9. The van der Waals surface area contributed by atoms with Gasteiger partial charge in [0.2, 0.25) is 0 Å². The van der Waals surface area contributed by atoms with Crippen LogP contribution in [0.3, 0.4) is 0 Å². The summed E-state index contributed by atoms with van der Waals surface area (Å²) in [5.41, 5.74) is 1.14. The fourth-order valence-corrected chi connectivity index (χ4v) is 4.39. The number of amides is 1. The number of hydrogen-bond acceptors (Lipinski definition) is 4. The molecule has 2 aliphatic heterocycles. The molecule has 0 aliphatic carbocycles. The summed E-state index contributed by atoms with van der Waals surface area (Å²) >= 11 is 1.74. The van der Waals surface area contributed by atoms with E-state index in [1.54, 1.807) is 11.8 Å². The van der Waals surface area contributed by atoms with E-state index in [-0.39, 0.29) is 5.91 Å². The van der Waals surface area contributed by atoms with Gasteiger partial charge in [0.25, 0.3) is 5.91 Å². The Labute approximate surface area is 136 Å². The van der Waals surface area contributed by atoms with Gasteiger partial charge in [0.1, 0.15) is 0 Å². The second-order valence-electron chi connectivity index (χ2n) is 6.39. The molecule has 0 bridgehead atoms. The van der Waals surface area contributed by atoms with E-state index in [0.717, 1.165) is 31.8 Å². The molecule has 1 aromatic rings. The first-order valence-electron chi connectivity index (χ1n) is 8.04. The number of carbonyl (C=O) groups is 1. The van der Waals surface area contributed by atoms with Crippen LogP contribution in [0.2, 0.25) is 0 Å². The summed E-state index contributed by atoms with van der Waals surface area (Å²) in [5, 5.41) is 13.2. The summed E-state index contributed by atoms with van der Waals surface area (Å²) in [4.78, 5) is 14.7. The Hall–Kier alpha value is -1.04. The van der Waals surface area contributed by atoms with Gasteiger partial charge in [-0.2, -0.15) is 11.8 Å². The van der Waals surface area contributed by atoms with Crippen molar-refractivity contribution in [3.8, 4) is 0 Å². The van der Waals surface area contributed by atoms with Gasteiger partial charge in [-0.25, -0.2) is 0 Å². The smallest absolute Gasteiger partial charge is 0.251 e. The Bertz CT molecular complexity index is 523. The number of nitrogens with one attached hydrogen (secondary N) is 1. The number of aliphatic hydroxyl groups is 1. The molecule has 0 aromatic heterocycles. The highest BCUT2D eigenvalue weighted by Gasteiger charge is 2.32. The maximum absolute atomic E-state index is 12.3. The van der Waals surface area contributed by atoms with Gasteiger partial charge in [-0.05, 0) is 55.8 Å². The van der Waals surface area contributed by atoms with Crippen LogP contribution in [0.25, 0.3) is 0 Å². The predicted octanol–water partition coefficient (Wildman–Crippen LogP) is 1.88. The van der Waals surface area contributed by atoms with Gasteiger partial charge in [-0.3, -0.25) is 9.69 Å². The minimum Gasteiger partial charge on any atom is -0.387 e. The number of carbonyl (C=O) groups excluding carboxylic acids is 1. The van der Waals surface area contributed by atoms with E-state index in [2.05, 4.69) is 16.3 Å². The topological polar surface area (TPSA) is 52.6 Å². The minimum absolute atomic E-state index is 0.0893. The Morgan fingerprint density at radius 3 is 2.91 bits per heavy atom. The van der Waals surface area contributed by atoms with E-state index in [9.17, 15) is 9.90 Å². The summed E-state index contributed by atoms with van der Waals surface area (Å²) in [6.07, 6.45) is 3.31. The maximum atomic E-state index is 12.3. The van der Waals surface area contributed by atoms with E-state index < -0.39 is 5.60 Å². The standard InChI is InChI=1S/C17H24N2O2S/c20-16(18-12-17(21)6-9-22-13-17)15-5-3-4-14(10-15)11-19-7-1-2-8-19/h3-5,10,21H,1-2,6-9,11-13H2,(H,18,20). The molecule has 22 heavy (non-hydrogen) atoms. The Kier molecular flexibility index (Phi) is 5.06. The van der Waals surface area contributed by atoms with E-state index in [1.807, 2.05) is 18.2 Å². The van der Waals surface area contributed by atoms with Crippen molar-refractivity contribution >= 4 is 17.7 Å².